The molecule has 0 amide bonds. The number of carbonyl (C=O) groups is 1. The maximum Gasteiger partial charge on any atom is 0.120 e. The van der Waals surface area contributed by atoms with Crippen LogP contribution in [0.25, 0.3) is 0 Å². The summed E-state index contributed by atoms with van der Waals surface area (Å²) in [6, 6.07) is 4.49. The SMILES string of the molecule is O=CCC12CC3CC(CC(C3)C1c1cccs1)C2. The Hall–Kier alpha value is -0.630. The molecule has 3 atom stereocenters. The Morgan fingerprint density at radius 3 is 2.67 bits per heavy atom. The minimum Gasteiger partial charge on any atom is -0.303 e. The van der Waals surface area contributed by atoms with Crippen LogP contribution >= 0.6 is 11.3 Å². The Morgan fingerprint density at radius 2 is 2.06 bits per heavy atom. The van der Waals surface area contributed by atoms with Gasteiger partial charge in [0.05, 0.1) is 0 Å². The lowest BCUT2D eigenvalue weighted by molar-refractivity contribution is -0.119. The number of carbonyl (C=O) groups excluding carboxylic acids is 1. The van der Waals surface area contributed by atoms with Gasteiger partial charge in [0.1, 0.15) is 6.29 Å². The van der Waals surface area contributed by atoms with Crippen molar-refractivity contribution in [1.82, 2.24) is 0 Å². The highest BCUT2D eigenvalue weighted by molar-refractivity contribution is 7.10. The van der Waals surface area contributed by atoms with E-state index in [0.29, 0.717) is 11.3 Å². The quantitative estimate of drug-likeness (QED) is 0.743. The van der Waals surface area contributed by atoms with E-state index in [0.717, 1.165) is 24.2 Å². The second-order valence-corrected chi connectivity index (χ2v) is 7.81. The maximum absolute atomic E-state index is 11.2. The van der Waals surface area contributed by atoms with Crippen molar-refractivity contribution < 1.29 is 4.79 Å². The second kappa shape index (κ2) is 3.93. The summed E-state index contributed by atoms with van der Waals surface area (Å²) < 4.78 is 0. The van der Waals surface area contributed by atoms with Crippen molar-refractivity contribution in [2.45, 2.75) is 44.4 Å². The summed E-state index contributed by atoms with van der Waals surface area (Å²) in [6.45, 7) is 0. The summed E-state index contributed by atoms with van der Waals surface area (Å²) in [5.41, 5.74) is 0.335. The van der Waals surface area contributed by atoms with Crippen molar-refractivity contribution in [3.8, 4) is 0 Å². The smallest absolute Gasteiger partial charge is 0.120 e. The molecule has 3 unspecified atom stereocenters. The Labute approximate surface area is 113 Å². The van der Waals surface area contributed by atoms with Gasteiger partial charge in [0.2, 0.25) is 0 Å². The van der Waals surface area contributed by atoms with Gasteiger partial charge in [-0.25, -0.2) is 0 Å². The van der Waals surface area contributed by atoms with Crippen LogP contribution in [0.4, 0.5) is 0 Å². The molecule has 0 spiro atoms. The highest BCUT2D eigenvalue weighted by Crippen LogP contribution is 2.67. The van der Waals surface area contributed by atoms with E-state index < -0.39 is 0 Å². The zero-order valence-electron chi connectivity index (χ0n) is 10.7. The molecule has 4 fully saturated rings. The zero-order valence-corrected chi connectivity index (χ0v) is 11.5. The molecule has 18 heavy (non-hydrogen) atoms. The Balaban J connectivity index is 1.77. The Morgan fingerprint density at radius 1 is 1.28 bits per heavy atom. The van der Waals surface area contributed by atoms with Gasteiger partial charge in [-0.05, 0) is 66.7 Å². The minimum atomic E-state index is 0.335. The molecule has 1 aromatic rings. The molecular weight excluding hydrogens is 240 g/mol. The summed E-state index contributed by atoms with van der Waals surface area (Å²) in [5, 5.41) is 2.20. The van der Waals surface area contributed by atoms with Gasteiger partial charge >= 0.3 is 0 Å². The van der Waals surface area contributed by atoms with E-state index in [-0.39, 0.29) is 0 Å². The third-order valence-corrected chi connectivity index (χ3v) is 6.76. The molecule has 0 saturated heterocycles. The highest BCUT2D eigenvalue weighted by atomic mass is 32.1. The lowest BCUT2D eigenvalue weighted by atomic mass is 9.44. The van der Waals surface area contributed by atoms with Crippen LogP contribution in [0.5, 0.6) is 0 Å². The van der Waals surface area contributed by atoms with E-state index in [9.17, 15) is 4.79 Å². The topological polar surface area (TPSA) is 17.1 Å². The molecular formula is C16H20OS. The molecule has 0 aliphatic heterocycles. The largest absolute Gasteiger partial charge is 0.303 e. The van der Waals surface area contributed by atoms with Crippen LogP contribution in [0.15, 0.2) is 17.5 Å². The molecule has 1 aromatic heterocycles. The fourth-order valence-corrected chi connectivity index (χ4v) is 6.73. The lowest BCUT2D eigenvalue weighted by Gasteiger charge is -2.61. The normalized spacial score (nSPS) is 45.3. The standard InChI is InChI=1S/C16H20OS/c17-4-3-16-9-11-6-12(10-16)8-13(7-11)15(16)14-2-1-5-18-14/h1-2,4-5,11-13,15H,3,6-10H2. The van der Waals surface area contributed by atoms with Crippen LogP contribution < -0.4 is 0 Å². The van der Waals surface area contributed by atoms with Gasteiger partial charge in [-0.15, -0.1) is 11.3 Å². The average molecular weight is 260 g/mol. The van der Waals surface area contributed by atoms with Crippen LogP contribution in [0.3, 0.4) is 0 Å². The third kappa shape index (κ3) is 1.48. The minimum absolute atomic E-state index is 0.335. The summed E-state index contributed by atoms with van der Waals surface area (Å²) in [7, 11) is 0. The van der Waals surface area contributed by atoms with Crippen molar-refractivity contribution in [2.75, 3.05) is 0 Å². The van der Waals surface area contributed by atoms with Gasteiger partial charge in [-0.2, -0.15) is 0 Å². The monoisotopic (exact) mass is 260 g/mol. The van der Waals surface area contributed by atoms with Crippen molar-refractivity contribution >= 4 is 17.6 Å². The lowest BCUT2D eigenvalue weighted by Crippen LogP contribution is -2.51. The van der Waals surface area contributed by atoms with Crippen molar-refractivity contribution in [1.29, 1.82) is 0 Å². The fourth-order valence-electron chi connectivity index (χ4n) is 5.67. The molecule has 1 heterocycles. The van der Waals surface area contributed by atoms with E-state index >= 15 is 0 Å². The number of hydrogen-bond donors (Lipinski definition) is 0. The second-order valence-electron chi connectivity index (χ2n) is 6.83. The predicted octanol–water partition coefficient (Wildman–Crippen LogP) is 4.25. The molecule has 0 N–H and O–H groups in total. The van der Waals surface area contributed by atoms with Crippen molar-refractivity contribution in [3.63, 3.8) is 0 Å². The highest BCUT2D eigenvalue weighted by Gasteiger charge is 2.57. The molecule has 96 valence electrons. The van der Waals surface area contributed by atoms with Crippen LogP contribution in [0.2, 0.25) is 0 Å². The maximum atomic E-state index is 11.2. The molecule has 0 aromatic carbocycles. The van der Waals surface area contributed by atoms with E-state index in [1.165, 1.54) is 38.4 Å². The van der Waals surface area contributed by atoms with E-state index in [1.54, 1.807) is 4.88 Å². The fraction of sp³-hybridized carbons (Fsp3) is 0.688. The first kappa shape index (κ1) is 11.2. The summed E-state index contributed by atoms with van der Waals surface area (Å²) in [5.74, 6) is 3.42. The third-order valence-electron chi connectivity index (χ3n) is 5.80. The Kier molecular flexibility index (Phi) is 2.45. The van der Waals surface area contributed by atoms with Crippen LogP contribution in [0.1, 0.15) is 49.3 Å². The van der Waals surface area contributed by atoms with Crippen LogP contribution in [-0.2, 0) is 4.79 Å². The molecule has 4 bridgehead atoms. The molecule has 1 nitrogen and oxygen atoms in total. The first-order valence-electron chi connectivity index (χ1n) is 7.28. The van der Waals surface area contributed by atoms with Gasteiger partial charge in [0.15, 0.2) is 0 Å². The first-order chi connectivity index (χ1) is 8.81. The van der Waals surface area contributed by atoms with Gasteiger partial charge in [0, 0.05) is 17.2 Å². The molecule has 4 aliphatic rings. The number of aldehydes is 1. The summed E-state index contributed by atoms with van der Waals surface area (Å²) in [6.07, 6.45) is 8.96. The molecule has 2 heteroatoms. The van der Waals surface area contributed by atoms with Gasteiger partial charge in [-0.1, -0.05) is 6.07 Å². The van der Waals surface area contributed by atoms with Gasteiger partial charge in [0.25, 0.3) is 0 Å². The van der Waals surface area contributed by atoms with E-state index in [1.807, 2.05) is 11.3 Å². The number of thiophene rings is 1. The predicted molar refractivity (Wildman–Crippen MR) is 73.7 cm³/mol. The Bertz CT molecular complexity index is 436. The molecule has 4 saturated carbocycles. The first-order valence-corrected chi connectivity index (χ1v) is 8.16. The average Bonchev–Trinajstić information content (AvgIpc) is 2.80. The molecule has 5 rings (SSSR count). The molecule has 4 aliphatic carbocycles. The van der Waals surface area contributed by atoms with Gasteiger partial charge < -0.3 is 4.79 Å². The zero-order chi connectivity index (χ0) is 12.2. The van der Waals surface area contributed by atoms with Crippen molar-refractivity contribution in [2.24, 2.45) is 23.2 Å². The van der Waals surface area contributed by atoms with Crippen LogP contribution in [0, 0.1) is 23.2 Å². The van der Waals surface area contributed by atoms with Gasteiger partial charge in [-0.3, -0.25) is 0 Å². The summed E-state index contributed by atoms with van der Waals surface area (Å²) >= 11 is 1.91. The van der Waals surface area contributed by atoms with E-state index in [2.05, 4.69) is 17.5 Å². The van der Waals surface area contributed by atoms with Crippen LogP contribution in [-0.4, -0.2) is 6.29 Å². The molecule has 0 radical (unpaired) electrons. The van der Waals surface area contributed by atoms with E-state index in [4.69, 9.17) is 0 Å². The number of rotatable bonds is 3. The van der Waals surface area contributed by atoms with Crippen molar-refractivity contribution in [3.05, 3.63) is 22.4 Å². The number of hydrogen-bond acceptors (Lipinski definition) is 2. The summed E-state index contributed by atoms with van der Waals surface area (Å²) in [4.78, 5) is 12.8.